The topological polar surface area (TPSA) is 47.0 Å². The molecule has 0 saturated heterocycles. The van der Waals surface area contributed by atoms with E-state index in [0.717, 1.165) is 11.6 Å². The number of aromatic nitrogens is 2. The molecule has 1 aliphatic carbocycles. The number of rotatable bonds is 5. The Hall–Kier alpha value is -1.32. The molecule has 1 fully saturated rings. The Morgan fingerprint density at radius 2 is 2.19 bits per heavy atom. The zero-order valence-electron chi connectivity index (χ0n) is 10.2. The largest absolute Gasteiger partial charge is 0.478 e. The molecule has 88 valence electrons. The lowest BCUT2D eigenvalue weighted by atomic mass is 10.2. The highest BCUT2D eigenvalue weighted by molar-refractivity contribution is 5.41. The fourth-order valence-corrected chi connectivity index (χ4v) is 1.43. The Balaban J connectivity index is 2.20. The van der Waals surface area contributed by atoms with Gasteiger partial charge in [0.1, 0.15) is 11.6 Å². The van der Waals surface area contributed by atoms with Crippen molar-refractivity contribution in [2.45, 2.75) is 45.6 Å². The minimum absolute atomic E-state index is 0.320. The van der Waals surface area contributed by atoms with Crippen LogP contribution in [0, 0.1) is 0 Å². The quantitative estimate of drug-likeness (QED) is 0.830. The van der Waals surface area contributed by atoms with E-state index in [2.05, 4.69) is 29.1 Å². The summed E-state index contributed by atoms with van der Waals surface area (Å²) in [7, 11) is 0. The van der Waals surface area contributed by atoms with E-state index in [1.165, 1.54) is 12.8 Å². The van der Waals surface area contributed by atoms with Crippen molar-refractivity contribution >= 4 is 5.82 Å². The van der Waals surface area contributed by atoms with E-state index in [1.54, 1.807) is 0 Å². The van der Waals surface area contributed by atoms with E-state index in [-0.39, 0.29) is 0 Å². The molecule has 1 aliphatic rings. The van der Waals surface area contributed by atoms with Gasteiger partial charge in [0.15, 0.2) is 0 Å². The molecule has 1 saturated carbocycles. The number of nitrogens with zero attached hydrogens (tertiary/aromatic N) is 2. The Labute approximate surface area is 96.4 Å². The van der Waals surface area contributed by atoms with Crippen LogP contribution >= 0.6 is 0 Å². The van der Waals surface area contributed by atoms with E-state index in [9.17, 15) is 0 Å². The molecule has 0 aromatic carbocycles. The fraction of sp³-hybridized carbons (Fsp3) is 0.667. The van der Waals surface area contributed by atoms with E-state index in [1.807, 2.05) is 13.0 Å². The summed E-state index contributed by atoms with van der Waals surface area (Å²) in [5, 5.41) is 3.38. The number of anilines is 1. The summed E-state index contributed by atoms with van der Waals surface area (Å²) >= 11 is 0. The predicted octanol–water partition coefficient (Wildman–Crippen LogP) is 2.57. The van der Waals surface area contributed by atoms with Gasteiger partial charge in [0.05, 0.1) is 6.61 Å². The second-order valence-electron chi connectivity index (χ2n) is 4.46. The minimum atomic E-state index is 0.320. The van der Waals surface area contributed by atoms with Gasteiger partial charge >= 0.3 is 0 Å². The summed E-state index contributed by atoms with van der Waals surface area (Å²) in [5.74, 6) is 2.73. The monoisotopic (exact) mass is 221 g/mol. The summed E-state index contributed by atoms with van der Waals surface area (Å²) in [4.78, 5) is 8.87. The van der Waals surface area contributed by atoms with Crippen molar-refractivity contribution in [2.24, 2.45) is 0 Å². The van der Waals surface area contributed by atoms with Gasteiger partial charge in [-0.1, -0.05) is 13.8 Å². The van der Waals surface area contributed by atoms with Crippen molar-refractivity contribution in [3.8, 4) is 5.88 Å². The molecule has 0 unspecified atom stereocenters. The lowest BCUT2D eigenvalue weighted by Gasteiger charge is -2.11. The second-order valence-corrected chi connectivity index (χ2v) is 4.46. The van der Waals surface area contributed by atoms with Crippen molar-refractivity contribution in [3.05, 3.63) is 11.9 Å². The molecule has 0 aliphatic heterocycles. The average molecular weight is 221 g/mol. The molecule has 4 heteroatoms. The van der Waals surface area contributed by atoms with Gasteiger partial charge in [-0.05, 0) is 19.8 Å². The van der Waals surface area contributed by atoms with E-state index in [0.29, 0.717) is 24.4 Å². The molecule has 0 radical (unpaired) electrons. The molecule has 0 amide bonds. The van der Waals surface area contributed by atoms with Crippen LogP contribution in [0.2, 0.25) is 0 Å². The molecular weight excluding hydrogens is 202 g/mol. The molecule has 1 N–H and O–H groups in total. The van der Waals surface area contributed by atoms with Gasteiger partial charge in [-0.3, -0.25) is 0 Å². The SMILES string of the molecule is CCOc1cc(NC2CC2)nc(C(C)C)n1. The molecule has 16 heavy (non-hydrogen) atoms. The fourth-order valence-electron chi connectivity index (χ4n) is 1.43. The van der Waals surface area contributed by atoms with Crippen LogP contribution in [-0.4, -0.2) is 22.6 Å². The maximum atomic E-state index is 5.45. The molecule has 0 atom stereocenters. The first-order valence-electron chi connectivity index (χ1n) is 5.97. The van der Waals surface area contributed by atoms with Crippen molar-refractivity contribution in [2.75, 3.05) is 11.9 Å². The van der Waals surface area contributed by atoms with Crippen LogP contribution in [0.1, 0.15) is 45.4 Å². The normalized spacial score (nSPS) is 15.2. The van der Waals surface area contributed by atoms with Gasteiger partial charge in [-0.25, -0.2) is 4.98 Å². The molecule has 1 aromatic rings. The first-order valence-corrected chi connectivity index (χ1v) is 5.97. The highest BCUT2D eigenvalue weighted by atomic mass is 16.5. The Morgan fingerprint density at radius 1 is 1.44 bits per heavy atom. The lowest BCUT2D eigenvalue weighted by molar-refractivity contribution is 0.324. The third kappa shape index (κ3) is 2.84. The van der Waals surface area contributed by atoms with Crippen LogP contribution in [0.3, 0.4) is 0 Å². The zero-order valence-corrected chi connectivity index (χ0v) is 10.2. The number of nitrogens with one attached hydrogen (secondary N) is 1. The standard InChI is InChI=1S/C12H19N3O/c1-4-16-11-7-10(13-9-5-6-9)14-12(15-11)8(2)3/h7-9H,4-6H2,1-3H3,(H,13,14,15). The predicted molar refractivity (Wildman–Crippen MR) is 63.9 cm³/mol. The molecule has 0 spiro atoms. The third-order valence-electron chi connectivity index (χ3n) is 2.46. The van der Waals surface area contributed by atoms with Gasteiger partial charge in [0, 0.05) is 18.0 Å². The second kappa shape index (κ2) is 4.68. The smallest absolute Gasteiger partial charge is 0.218 e. The van der Waals surface area contributed by atoms with Gasteiger partial charge in [-0.2, -0.15) is 4.98 Å². The molecule has 0 bridgehead atoms. The number of hydrogen-bond donors (Lipinski definition) is 1. The average Bonchev–Trinajstić information content (AvgIpc) is 3.01. The van der Waals surface area contributed by atoms with Crippen molar-refractivity contribution in [1.29, 1.82) is 0 Å². The molecule has 1 aromatic heterocycles. The summed E-state index contributed by atoms with van der Waals surface area (Å²) in [6.45, 7) is 6.78. The Kier molecular flexibility index (Phi) is 3.27. The molecule has 4 nitrogen and oxygen atoms in total. The van der Waals surface area contributed by atoms with Crippen LogP contribution < -0.4 is 10.1 Å². The van der Waals surface area contributed by atoms with Crippen LogP contribution in [0.25, 0.3) is 0 Å². The Bertz CT molecular complexity index is 361. The number of ether oxygens (including phenoxy) is 1. The van der Waals surface area contributed by atoms with Crippen molar-refractivity contribution < 1.29 is 4.74 Å². The maximum Gasteiger partial charge on any atom is 0.218 e. The van der Waals surface area contributed by atoms with E-state index >= 15 is 0 Å². The first kappa shape index (κ1) is 11.2. The van der Waals surface area contributed by atoms with Crippen molar-refractivity contribution in [3.63, 3.8) is 0 Å². The van der Waals surface area contributed by atoms with Gasteiger partial charge < -0.3 is 10.1 Å². The van der Waals surface area contributed by atoms with Gasteiger partial charge in [0.25, 0.3) is 0 Å². The van der Waals surface area contributed by atoms with Crippen LogP contribution in [0.15, 0.2) is 6.07 Å². The zero-order chi connectivity index (χ0) is 11.5. The summed E-state index contributed by atoms with van der Waals surface area (Å²) in [6, 6.07) is 2.48. The highest BCUT2D eigenvalue weighted by Crippen LogP contribution is 2.26. The van der Waals surface area contributed by atoms with E-state index < -0.39 is 0 Å². The summed E-state index contributed by atoms with van der Waals surface area (Å²) in [5.41, 5.74) is 0. The van der Waals surface area contributed by atoms with Crippen LogP contribution in [0.4, 0.5) is 5.82 Å². The van der Waals surface area contributed by atoms with Crippen LogP contribution in [-0.2, 0) is 0 Å². The van der Waals surface area contributed by atoms with E-state index in [4.69, 9.17) is 4.74 Å². The highest BCUT2D eigenvalue weighted by Gasteiger charge is 2.22. The molecule has 1 heterocycles. The van der Waals surface area contributed by atoms with Gasteiger partial charge in [0.2, 0.25) is 5.88 Å². The summed E-state index contributed by atoms with van der Waals surface area (Å²) in [6.07, 6.45) is 2.48. The molecular formula is C12H19N3O. The van der Waals surface area contributed by atoms with Gasteiger partial charge in [-0.15, -0.1) is 0 Å². The number of hydrogen-bond acceptors (Lipinski definition) is 4. The van der Waals surface area contributed by atoms with Crippen molar-refractivity contribution in [1.82, 2.24) is 9.97 Å². The lowest BCUT2D eigenvalue weighted by Crippen LogP contribution is -2.08. The summed E-state index contributed by atoms with van der Waals surface area (Å²) < 4.78 is 5.45. The first-order chi connectivity index (χ1) is 7.69. The minimum Gasteiger partial charge on any atom is -0.478 e. The maximum absolute atomic E-state index is 5.45. The third-order valence-corrected chi connectivity index (χ3v) is 2.46. The Morgan fingerprint density at radius 3 is 2.75 bits per heavy atom. The van der Waals surface area contributed by atoms with Crippen LogP contribution in [0.5, 0.6) is 5.88 Å². The molecule has 2 rings (SSSR count).